The monoisotopic (exact) mass is 199 g/mol. The van der Waals surface area contributed by atoms with Crippen molar-refractivity contribution < 1.29 is 9.90 Å². The van der Waals surface area contributed by atoms with E-state index in [2.05, 4.69) is 5.32 Å². The Balaban J connectivity index is 2.38. The van der Waals surface area contributed by atoms with Crippen LogP contribution in [0.2, 0.25) is 0 Å². The Morgan fingerprint density at radius 3 is 2.14 bits per heavy atom. The van der Waals surface area contributed by atoms with Crippen molar-refractivity contribution >= 4 is 5.91 Å². The summed E-state index contributed by atoms with van der Waals surface area (Å²) in [6.07, 6.45) is 7.04. The summed E-state index contributed by atoms with van der Waals surface area (Å²) in [4.78, 5) is 11.5. The van der Waals surface area contributed by atoms with E-state index in [1.807, 2.05) is 0 Å². The summed E-state index contributed by atoms with van der Waals surface area (Å²) in [5.74, 6) is -0.246. The lowest BCUT2D eigenvalue weighted by atomic mass is 10.1. The molecule has 0 aliphatic heterocycles. The molecule has 0 saturated heterocycles. The molecule has 0 radical (unpaired) electrons. The van der Waals surface area contributed by atoms with Crippen LogP contribution in [0, 0.1) is 0 Å². The van der Waals surface area contributed by atoms with Gasteiger partial charge in [0.15, 0.2) is 0 Å². The SMILES string of the molecule is CC(C)(O)C(=O)NC1CCCCCC1. The molecule has 1 rings (SSSR count). The van der Waals surface area contributed by atoms with Crippen LogP contribution in [0.15, 0.2) is 0 Å². The molecule has 3 nitrogen and oxygen atoms in total. The number of aliphatic hydroxyl groups is 1. The van der Waals surface area contributed by atoms with Crippen LogP contribution in [0.1, 0.15) is 52.4 Å². The summed E-state index contributed by atoms with van der Waals surface area (Å²) >= 11 is 0. The largest absolute Gasteiger partial charge is 0.381 e. The predicted octanol–water partition coefficient (Wildman–Crippen LogP) is 1.60. The molecule has 0 aromatic carbocycles. The van der Waals surface area contributed by atoms with Gasteiger partial charge in [-0.05, 0) is 26.7 Å². The van der Waals surface area contributed by atoms with Gasteiger partial charge in [0, 0.05) is 6.04 Å². The van der Waals surface area contributed by atoms with Crippen LogP contribution in [-0.2, 0) is 4.79 Å². The maximum Gasteiger partial charge on any atom is 0.251 e. The van der Waals surface area contributed by atoms with Crippen molar-refractivity contribution in [3.63, 3.8) is 0 Å². The minimum atomic E-state index is -1.24. The van der Waals surface area contributed by atoms with Crippen LogP contribution in [0.4, 0.5) is 0 Å². The zero-order valence-electron chi connectivity index (χ0n) is 9.18. The van der Waals surface area contributed by atoms with E-state index in [1.54, 1.807) is 0 Å². The lowest BCUT2D eigenvalue weighted by Gasteiger charge is -2.22. The zero-order valence-corrected chi connectivity index (χ0v) is 9.18. The van der Waals surface area contributed by atoms with Gasteiger partial charge in [-0.25, -0.2) is 0 Å². The molecule has 1 saturated carbocycles. The minimum Gasteiger partial charge on any atom is -0.381 e. The van der Waals surface area contributed by atoms with Gasteiger partial charge in [-0.3, -0.25) is 4.79 Å². The molecule has 0 atom stereocenters. The Morgan fingerprint density at radius 1 is 1.21 bits per heavy atom. The van der Waals surface area contributed by atoms with Gasteiger partial charge in [-0.1, -0.05) is 25.7 Å². The second kappa shape index (κ2) is 4.78. The molecule has 0 heterocycles. The minimum absolute atomic E-state index is 0.246. The van der Waals surface area contributed by atoms with E-state index in [0.29, 0.717) is 0 Å². The first kappa shape index (κ1) is 11.5. The summed E-state index contributed by atoms with van der Waals surface area (Å²) in [5.41, 5.74) is -1.24. The summed E-state index contributed by atoms with van der Waals surface area (Å²) in [6, 6.07) is 0.274. The molecule has 82 valence electrons. The fourth-order valence-corrected chi connectivity index (χ4v) is 1.79. The highest BCUT2D eigenvalue weighted by atomic mass is 16.3. The molecule has 3 heteroatoms. The number of carbonyl (C=O) groups is 1. The Morgan fingerprint density at radius 2 is 1.71 bits per heavy atom. The van der Waals surface area contributed by atoms with Gasteiger partial charge in [-0.15, -0.1) is 0 Å². The Labute approximate surface area is 85.9 Å². The highest BCUT2D eigenvalue weighted by molar-refractivity contribution is 5.84. The van der Waals surface area contributed by atoms with Crippen molar-refractivity contribution in [2.75, 3.05) is 0 Å². The van der Waals surface area contributed by atoms with E-state index in [1.165, 1.54) is 39.5 Å². The summed E-state index contributed by atoms with van der Waals surface area (Å²) in [6.45, 7) is 3.05. The Bertz CT molecular complexity index is 188. The molecule has 0 bridgehead atoms. The maximum absolute atomic E-state index is 11.5. The van der Waals surface area contributed by atoms with Crippen molar-refractivity contribution in [1.82, 2.24) is 5.32 Å². The third-order valence-electron chi connectivity index (χ3n) is 2.75. The number of amides is 1. The average molecular weight is 199 g/mol. The molecule has 2 N–H and O–H groups in total. The van der Waals surface area contributed by atoms with Gasteiger partial charge in [0.2, 0.25) is 0 Å². The van der Waals surface area contributed by atoms with Crippen LogP contribution in [0.5, 0.6) is 0 Å². The van der Waals surface area contributed by atoms with Gasteiger partial charge in [0.05, 0.1) is 0 Å². The van der Waals surface area contributed by atoms with Gasteiger partial charge in [-0.2, -0.15) is 0 Å². The number of nitrogens with one attached hydrogen (secondary N) is 1. The van der Waals surface area contributed by atoms with Crippen molar-refractivity contribution in [3.05, 3.63) is 0 Å². The van der Waals surface area contributed by atoms with E-state index in [9.17, 15) is 9.90 Å². The van der Waals surface area contributed by atoms with Gasteiger partial charge >= 0.3 is 0 Å². The second-order valence-electron chi connectivity index (χ2n) is 4.72. The van der Waals surface area contributed by atoms with E-state index in [4.69, 9.17) is 0 Å². The lowest BCUT2D eigenvalue weighted by Crippen LogP contribution is -2.46. The first-order valence-electron chi connectivity index (χ1n) is 5.53. The fourth-order valence-electron chi connectivity index (χ4n) is 1.79. The quantitative estimate of drug-likeness (QED) is 0.664. The van der Waals surface area contributed by atoms with Crippen LogP contribution in [-0.4, -0.2) is 22.7 Å². The smallest absolute Gasteiger partial charge is 0.251 e. The normalized spacial score (nSPS) is 20.2. The van der Waals surface area contributed by atoms with E-state index in [0.717, 1.165) is 12.8 Å². The van der Waals surface area contributed by atoms with Crippen molar-refractivity contribution in [2.45, 2.75) is 64.0 Å². The highest BCUT2D eigenvalue weighted by Crippen LogP contribution is 2.17. The number of hydrogen-bond donors (Lipinski definition) is 2. The van der Waals surface area contributed by atoms with Crippen molar-refractivity contribution in [3.8, 4) is 0 Å². The van der Waals surface area contributed by atoms with Crippen LogP contribution >= 0.6 is 0 Å². The fraction of sp³-hybridized carbons (Fsp3) is 0.909. The first-order chi connectivity index (χ1) is 6.50. The average Bonchev–Trinajstić information content (AvgIpc) is 2.31. The standard InChI is InChI=1S/C11H21NO2/c1-11(2,14)10(13)12-9-7-5-3-4-6-8-9/h9,14H,3-8H2,1-2H3,(H,12,13). The molecule has 1 fully saturated rings. The molecule has 1 aliphatic carbocycles. The topological polar surface area (TPSA) is 49.3 Å². The van der Waals surface area contributed by atoms with Crippen LogP contribution in [0.3, 0.4) is 0 Å². The molecule has 0 aromatic rings. The van der Waals surface area contributed by atoms with E-state index < -0.39 is 5.60 Å². The van der Waals surface area contributed by atoms with E-state index in [-0.39, 0.29) is 11.9 Å². The Kier molecular flexibility index (Phi) is 3.93. The van der Waals surface area contributed by atoms with Gasteiger partial charge < -0.3 is 10.4 Å². The number of carbonyl (C=O) groups excluding carboxylic acids is 1. The molecule has 0 aromatic heterocycles. The number of rotatable bonds is 2. The summed E-state index contributed by atoms with van der Waals surface area (Å²) < 4.78 is 0. The van der Waals surface area contributed by atoms with Crippen molar-refractivity contribution in [2.24, 2.45) is 0 Å². The summed E-state index contributed by atoms with van der Waals surface area (Å²) in [5, 5.41) is 12.4. The van der Waals surface area contributed by atoms with Gasteiger partial charge in [0.1, 0.15) is 5.60 Å². The lowest BCUT2D eigenvalue weighted by molar-refractivity contribution is -0.137. The molecular formula is C11H21NO2. The first-order valence-corrected chi connectivity index (χ1v) is 5.53. The third kappa shape index (κ3) is 3.66. The predicted molar refractivity (Wildman–Crippen MR) is 55.9 cm³/mol. The van der Waals surface area contributed by atoms with Crippen LogP contribution < -0.4 is 5.32 Å². The molecule has 1 amide bonds. The van der Waals surface area contributed by atoms with E-state index >= 15 is 0 Å². The Hall–Kier alpha value is -0.570. The zero-order chi connectivity index (χ0) is 10.6. The molecule has 0 unspecified atom stereocenters. The van der Waals surface area contributed by atoms with Crippen molar-refractivity contribution in [1.29, 1.82) is 0 Å². The summed E-state index contributed by atoms with van der Waals surface area (Å²) in [7, 11) is 0. The maximum atomic E-state index is 11.5. The van der Waals surface area contributed by atoms with Crippen LogP contribution in [0.25, 0.3) is 0 Å². The number of hydrogen-bond acceptors (Lipinski definition) is 2. The highest BCUT2D eigenvalue weighted by Gasteiger charge is 2.26. The third-order valence-corrected chi connectivity index (χ3v) is 2.75. The molecule has 14 heavy (non-hydrogen) atoms. The molecule has 0 spiro atoms. The van der Waals surface area contributed by atoms with Gasteiger partial charge in [0.25, 0.3) is 5.91 Å². The molecule has 1 aliphatic rings. The molecular weight excluding hydrogens is 178 g/mol. The second-order valence-corrected chi connectivity index (χ2v) is 4.72.